The van der Waals surface area contributed by atoms with E-state index in [-0.39, 0.29) is 17.0 Å². The molecule has 1 rings (SSSR count). The number of carbonyl (C=O) groups is 1. The Hall–Kier alpha value is -1.56. The maximum absolute atomic E-state index is 10.2. The summed E-state index contributed by atoms with van der Waals surface area (Å²) in [5.41, 5.74) is 0. The first-order valence-corrected chi connectivity index (χ1v) is 3.58. The number of amides is 1. The predicted molar refractivity (Wildman–Crippen MR) is 45.2 cm³/mol. The Bertz CT molecular complexity index is 331. The van der Waals surface area contributed by atoms with E-state index >= 15 is 0 Å². The molecule has 0 saturated carbocycles. The summed E-state index contributed by atoms with van der Waals surface area (Å²) in [7, 11) is 1.39. The number of halogens is 1. The molecule has 0 saturated heterocycles. The van der Waals surface area contributed by atoms with E-state index in [0.29, 0.717) is 0 Å². The fraction of sp³-hybridized carbons (Fsp3) is 0.167. The van der Waals surface area contributed by atoms with E-state index in [0.717, 1.165) is 0 Å². The van der Waals surface area contributed by atoms with Crippen LogP contribution in [0.2, 0.25) is 5.15 Å². The fourth-order valence-electron chi connectivity index (χ4n) is 0.653. The van der Waals surface area contributed by atoms with Crippen molar-refractivity contribution in [2.45, 2.75) is 0 Å². The van der Waals surface area contributed by atoms with Crippen molar-refractivity contribution in [2.75, 3.05) is 12.4 Å². The van der Waals surface area contributed by atoms with E-state index in [1.54, 1.807) is 0 Å². The first kappa shape index (κ1) is 9.53. The summed E-state index contributed by atoms with van der Waals surface area (Å²) in [6.07, 6.45) is -1.26. The summed E-state index contributed by atoms with van der Waals surface area (Å²) in [6.45, 7) is 0. The van der Waals surface area contributed by atoms with Gasteiger partial charge in [-0.2, -0.15) is 4.98 Å². The van der Waals surface area contributed by atoms with Gasteiger partial charge in [0.15, 0.2) is 0 Å². The molecule has 0 bridgehead atoms. The summed E-state index contributed by atoms with van der Waals surface area (Å²) < 4.78 is 4.75. The third kappa shape index (κ3) is 2.75. The fourth-order valence-corrected chi connectivity index (χ4v) is 0.826. The van der Waals surface area contributed by atoms with Crippen molar-refractivity contribution in [3.63, 3.8) is 0 Å². The molecule has 0 aromatic carbocycles. The Morgan fingerprint density at radius 3 is 2.92 bits per heavy atom. The van der Waals surface area contributed by atoms with Crippen LogP contribution in [0.1, 0.15) is 0 Å². The normalized spacial score (nSPS) is 9.38. The highest BCUT2D eigenvalue weighted by Gasteiger charge is 2.05. The number of hydrogen-bond donors (Lipinski definition) is 2. The van der Waals surface area contributed by atoms with E-state index in [2.05, 4.69) is 9.97 Å². The van der Waals surface area contributed by atoms with Crippen molar-refractivity contribution in [3.8, 4) is 5.88 Å². The summed E-state index contributed by atoms with van der Waals surface area (Å²) in [6, 6.07) is 1.37. The van der Waals surface area contributed by atoms with Crippen LogP contribution in [-0.2, 0) is 0 Å². The lowest BCUT2D eigenvalue weighted by molar-refractivity contribution is 0.209. The van der Waals surface area contributed by atoms with Crippen molar-refractivity contribution in [1.29, 1.82) is 0 Å². The van der Waals surface area contributed by atoms with E-state index in [9.17, 15) is 4.79 Å². The number of rotatable bonds is 2. The summed E-state index contributed by atoms with van der Waals surface area (Å²) in [5.74, 6) is 0.0839. The van der Waals surface area contributed by atoms with Gasteiger partial charge in [0.1, 0.15) is 5.15 Å². The minimum absolute atomic E-state index is 0.107. The van der Waals surface area contributed by atoms with Gasteiger partial charge in [-0.05, 0) is 0 Å². The van der Waals surface area contributed by atoms with Gasteiger partial charge in [-0.15, -0.1) is 0 Å². The molecule has 1 aromatic rings. The Labute approximate surface area is 78.5 Å². The molecule has 1 amide bonds. The lowest BCUT2D eigenvalue weighted by atomic mass is 10.6. The first-order valence-electron chi connectivity index (χ1n) is 3.20. The Balaban J connectivity index is 2.94. The second-order valence-corrected chi connectivity index (χ2v) is 2.37. The lowest BCUT2D eigenvalue weighted by Gasteiger charge is -2.02. The lowest BCUT2D eigenvalue weighted by Crippen LogP contribution is -2.10. The number of ether oxygens (including phenoxy) is 1. The number of aromatic nitrogens is 2. The SMILES string of the molecule is COc1cc(Cl)nc(NC(=O)O)n1. The van der Waals surface area contributed by atoms with Crippen molar-refractivity contribution in [3.05, 3.63) is 11.2 Å². The van der Waals surface area contributed by atoms with Crippen LogP contribution in [0, 0.1) is 0 Å². The zero-order valence-electron chi connectivity index (χ0n) is 6.61. The molecule has 1 aromatic heterocycles. The van der Waals surface area contributed by atoms with Gasteiger partial charge in [0, 0.05) is 6.07 Å². The first-order chi connectivity index (χ1) is 6.11. The molecule has 0 aliphatic heterocycles. The number of nitrogens with zero attached hydrogens (tertiary/aromatic N) is 2. The van der Waals surface area contributed by atoms with Crippen LogP contribution in [0.15, 0.2) is 6.07 Å². The molecule has 0 atom stereocenters. The topological polar surface area (TPSA) is 84.3 Å². The number of carboxylic acid groups (broad SMARTS) is 1. The molecule has 0 fully saturated rings. The monoisotopic (exact) mass is 203 g/mol. The smallest absolute Gasteiger partial charge is 0.411 e. The molecule has 1 heterocycles. The third-order valence-electron chi connectivity index (χ3n) is 1.10. The zero-order valence-corrected chi connectivity index (χ0v) is 7.37. The zero-order chi connectivity index (χ0) is 9.84. The molecule has 7 heteroatoms. The van der Waals surface area contributed by atoms with Gasteiger partial charge in [-0.3, -0.25) is 5.32 Å². The number of nitrogens with one attached hydrogen (secondary N) is 1. The molecular formula is C6H6ClN3O3. The highest BCUT2D eigenvalue weighted by atomic mass is 35.5. The van der Waals surface area contributed by atoms with Gasteiger partial charge in [0.25, 0.3) is 0 Å². The van der Waals surface area contributed by atoms with Gasteiger partial charge >= 0.3 is 6.09 Å². The molecule has 0 spiro atoms. The number of methoxy groups -OCH3 is 1. The minimum Gasteiger partial charge on any atom is -0.481 e. The van der Waals surface area contributed by atoms with Crippen LogP contribution >= 0.6 is 11.6 Å². The average molecular weight is 204 g/mol. The van der Waals surface area contributed by atoms with Gasteiger partial charge in [0.2, 0.25) is 11.8 Å². The van der Waals surface area contributed by atoms with Crippen molar-refractivity contribution >= 4 is 23.6 Å². The van der Waals surface area contributed by atoms with E-state index in [1.807, 2.05) is 5.32 Å². The molecule has 0 unspecified atom stereocenters. The summed E-state index contributed by atoms with van der Waals surface area (Å²) in [5, 5.41) is 10.4. The molecule has 13 heavy (non-hydrogen) atoms. The van der Waals surface area contributed by atoms with Crippen LogP contribution in [0.5, 0.6) is 5.88 Å². The van der Waals surface area contributed by atoms with Crippen LogP contribution in [0.3, 0.4) is 0 Å². The molecule has 2 N–H and O–H groups in total. The quantitative estimate of drug-likeness (QED) is 0.707. The summed E-state index contributed by atoms with van der Waals surface area (Å²) in [4.78, 5) is 17.5. The molecule has 0 aliphatic carbocycles. The Morgan fingerprint density at radius 1 is 1.69 bits per heavy atom. The van der Waals surface area contributed by atoms with Crippen molar-refractivity contribution in [1.82, 2.24) is 9.97 Å². The van der Waals surface area contributed by atoms with E-state index in [1.165, 1.54) is 13.2 Å². The van der Waals surface area contributed by atoms with E-state index in [4.69, 9.17) is 21.4 Å². The van der Waals surface area contributed by atoms with Crippen molar-refractivity contribution < 1.29 is 14.6 Å². The van der Waals surface area contributed by atoms with E-state index < -0.39 is 6.09 Å². The van der Waals surface area contributed by atoms with Crippen LogP contribution in [0.25, 0.3) is 0 Å². The van der Waals surface area contributed by atoms with Crippen molar-refractivity contribution in [2.24, 2.45) is 0 Å². The highest BCUT2D eigenvalue weighted by molar-refractivity contribution is 6.29. The van der Waals surface area contributed by atoms with Crippen LogP contribution in [0.4, 0.5) is 10.7 Å². The maximum atomic E-state index is 10.2. The van der Waals surface area contributed by atoms with Gasteiger partial charge in [-0.1, -0.05) is 11.6 Å². The number of hydrogen-bond acceptors (Lipinski definition) is 4. The third-order valence-corrected chi connectivity index (χ3v) is 1.29. The largest absolute Gasteiger partial charge is 0.481 e. The minimum atomic E-state index is -1.26. The molecule has 0 aliphatic rings. The van der Waals surface area contributed by atoms with Gasteiger partial charge in [-0.25, -0.2) is 9.78 Å². The number of anilines is 1. The molecule has 0 radical (unpaired) electrons. The highest BCUT2D eigenvalue weighted by Crippen LogP contribution is 2.15. The maximum Gasteiger partial charge on any atom is 0.411 e. The molecular weight excluding hydrogens is 198 g/mol. The second kappa shape index (κ2) is 3.90. The second-order valence-electron chi connectivity index (χ2n) is 1.99. The predicted octanol–water partition coefficient (Wildman–Crippen LogP) is 1.23. The average Bonchev–Trinajstić information content (AvgIpc) is 2.01. The molecule has 70 valence electrons. The van der Waals surface area contributed by atoms with Gasteiger partial charge < -0.3 is 9.84 Å². The van der Waals surface area contributed by atoms with Crippen LogP contribution < -0.4 is 10.1 Å². The standard InChI is InChI=1S/C6H6ClN3O3/c1-13-4-2-3(7)8-5(9-4)10-6(11)12/h2H,1H3,(H,11,12)(H,8,9,10). The molecule has 6 nitrogen and oxygen atoms in total. The van der Waals surface area contributed by atoms with Gasteiger partial charge in [0.05, 0.1) is 7.11 Å². The Kier molecular flexibility index (Phi) is 2.86. The summed E-state index contributed by atoms with van der Waals surface area (Å²) >= 11 is 5.55. The Morgan fingerprint density at radius 2 is 2.38 bits per heavy atom. The van der Waals surface area contributed by atoms with Crippen LogP contribution in [-0.4, -0.2) is 28.3 Å².